The second kappa shape index (κ2) is 6.65. The number of rotatable bonds is 5. The molecule has 0 bridgehead atoms. The molecule has 0 aromatic carbocycles. The maximum absolute atomic E-state index is 11.9. The lowest BCUT2D eigenvalue weighted by Crippen LogP contribution is -2.44. The molecule has 1 aliphatic rings. The predicted octanol–water partition coefficient (Wildman–Crippen LogP) is 0.728. The van der Waals surface area contributed by atoms with Gasteiger partial charge in [-0.3, -0.25) is 0 Å². The highest BCUT2D eigenvalue weighted by Crippen LogP contribution is 2.21. The van der Waals surface area contributed by atoms with E-state index < -0.39 is 5.97 Å². The number of carboxylic acids is 1. The minimum absolute atomic E-state index is 0.0106. The molecule has 1 atom stereocenters. The van der Waals surface area contributed by atoms with Gasteiger partial charge in [-0.2, -0.15) is 11.8 Å². The Labute approximate surface area is 121 Å². The van der Waals surface area contributed by atoms with Crippen molar-refractivity contribution in [3.05, 3.63) is 18.2 Å². The van der Waals surface area contributed by atoms with Crippen molar-refractivity contribution in [1.29, 1.82) is 0 Å². The van der Waals surface area contributed by atoms with Gasteiger partial charge in [0, 0.05) is 38.1 Å². The van der Waals surface area contributed by atoms with E-state index in [9.17, 15) is 9.59 Å². The molecule has 2 rings (SSSR count). The van der Waals surface area contributed by atoms with Crippen LogP contribution >= 0.6 is 11.8 Å². The fraction of sp³-hybridized carbons (Fsp3) is 0.583. The zero-order chi connectivity index (χ0) is 14.5. The van der Waals surface area contributed by atoms with Gasteiger partial charge in [0.2, 0.25) is 0 Å². The van der Waals surface area contributed by atoms with Gasteiger partial charge < -0.3 is 19.9 Å². The molecule has 0 saturated carbocycles. The SMILES string of the molecule is CN(C(=O)NCCn1cnc(C(=O)O)c1)C1CCSC1. The molecule has 1 aromatic rings. The van der Waals surface area contributed by atoms with E-state index in [4.69, 9.17) is 5.11 Å². The van der Waals surface area contributed by atoms with Gasteiger partial charge in [0.25, 0.3) is 0 Å². The molecule has 1 fully saturated rings. The van der Waals surface area contributed by atoms with Gasteiger partial charge in [-0.15, -0.1) is 0 Å². The van der Waals surface area contributed by atoms with E-state index in [1.165, 1.54) is 12.5 Å². The molecule has 110 valence electrons. The van der Waals surface area contributed by atoms with E-state index in [0.717, 1.165) is 17.9 Å². The minimum atomic E-state index is -1.05. The van der Waals surface area contributed by atoms with Crippen LogP contribution in [0.2, 0.25) is 0 Å². The number of carbonyl (C=O) groups is 2. The van der Waals surface area contributed by atoms with Crippen LogP contribution < -0.4 is 5.32 Å². The third-order valence-electron chi connectivity index (χ3n) is 3.27. The van der Waals surface area contributed by atoms with E-state index in [0.29, 0.717) is 19.1 Å². The van der Waals surface area contributed by atoms with Crippen LogP contribution in [-0.2, 0) is 6.54 Å². The molecule has 1 aromatic heterocycles. The number of hydrogen-bond donors (Lipinski definition) is 2. The van der Waals surface area contributed by atoms with Gasteiger partial charge >= 0.3 is 12.0 Å². The first-order chi connectivity index (χ1) is 9.58. The lowest BCUT2D eigenvalue weighted by atomic mass is 10.2. The summed E-state index contributed by atoms with van der Waals surface area (Å²) < 4.78 is 1.65. The van der Waals surface area contributed by atoms with Crippen LogP contribution in [0.3, 0.4) is 0 Å². The molecule has 0 radical (unpaired) electrons. The Balaban J connectivity index is 1.74. The summed E-state index contributed by atoms with van der Waals surface area (Å²) in [4.78, 5) is 28.1. The molecule has 1 unspecified atom stereocenters. The molecular formula is C12H18N4O3S. The Morgan fingerprint density at radius 2 is 2.45 bits per heavy atom. The number of nitrogens with zero attached hydrogens (tertiary/aromatic N) is 3. The lowest BCUT2D eigenvalue weighted by molar-refractivity contribution is 0.0691. The predicted molar refractivity (Wildman–Crippen MR) is 76.1 cm³/mol. The summed E-state index contributed by atoms with van der Waals surface area (Å²) in [5.74, 6) is 1.05. The zero-order valence-electron chi connectivity index (χ0n) is 11.3. The molecule has 2 amide bonds. The Morgan fingerprint density at radius 1 is 1.65 bits per heavy atom. The summed E-state index contributed by atoms with van der Waals surface area (Å²) in [5, 5.41) is 11.6. The molecule has 0 aliphatic carbocycles. The summed E-state index contributed by atoms with van der Waals surface area (Å²) in [6.07, 6.45) is 3.94. The van der Waals surface area contributed by atoms with Crippen LogP contribution in [0.15, 0.2) is 12.5 Å². The number of carbonyl (C=O) groups excluding carboxylic acids is 1. The minimum Gasteiger partial charge on any atom is -0.476 e. The van der Waals surface area contributed by atoms with Crippen molar-refractivity contribution in [1.82, 2.24) is 19.8 Å². The highest BCUT2D eigenvalue weighted by molar-refractivity contribution is 7.99. The van der Waals surface area contributed by atoms with Crippen molar-refractivity contribution in [3.63, 3.8) is 0 Å². The summed E-state index contributed by atoms with van der Waals surface area (Å²) in [6.45, 7) is 0.942. The second-order valence-electron chi connectivity index (χ2n) is 4.66. The van der Waals surface area contributed by atoms with Gasteiger partial charge in [-0.05, 0) is 12.2 Å². The highest BCUT2D eigenvalue weighted by Gasteiger charge is 2.23. The van der Waals surface area contributed by atoms with E-state index in [1.807, 2.05) is 18.8 Å². The van der Waals surface area contributed by atoms with Crippen LogP contribution in [-0.4, -0.2) is 62.7 Å². The first-order valence-electron chi connectivity index (χ1n) is 6.41. The molecule has 1 aliphatic heterocycles. The molecule has 8 heteroatoms. The topological polar surface area (TPSA) is 87.5 Å². The number of aromatic carboxylic acids is 1. The van der Waals surface area contributed by atoms with Gasteiger partial charge in [0.15, 0.2) is 5.69 Å². The Morgan fingerprint density at radius 3 is 3.05 bits per heavy atom. The van der Waals surface area contributed by atoms with Crippen molar-refractivity contribution in [2.45, 2.75) is 19.0 Å². The normalized spacial score (nSPS) is 17.9. The van der Waals surface area contributed by atoms with E-state index >= 15 is 0 Å². The Kier molecular flexibility index (Phi) is 4.89. The number of carboxylic acid groups (broad SMARTS) is 1. The number of urea groups is 1. The first kappa shape index (κ1) is 14.7. The maximum Gasteiger partial charge on any atom is 0.356 e. The Bertz CT molecular complexity index is 485. The van der Waals surface area contributed by atoms with Crippen LogP contribution in [0.25, 0.3) is 0 Å². The molecule has 20 heavy (non-hydrogen) atoms. The number of nitrogens with one attached hydrogen (secondary N) is 1. The molecular weight excluding hydrogens is 280 g/mol. The highest BCUT2D eigenvalue weighted by atomic mass is 32.2. The fourth-order valence-electron chi connectivity index (χ4n) is 2.00. The third-order valence-corrected chi connectivity index (χ3v) is 4.42. The smallest absolute Gasteiger partial charge is 0.356 e. The average Bonchev–Trinajstić information content (AvgIpc) is 3.08. The first-order valence-corrected chi connectivity index (χ1v) is 7.57. The van der Waals surface area contributed by atoms with Crippen molar-refractivity contribution in [2.75, 3.05) is 25.1 Å². The van der Waals surface area contributed by atoms with Gasteiger partial charge in [-0.25, -0.2) is 14.6 Å². The number of amides is 2. The fourth-order valence-corrected chi connectivity index (χ4v) is 3.27. The summed E-state index contributed by atoms with van der Waals surface area (Å²) in [7, 11) is 1.81. The number of aromatic nitrogens is 2. The molecule has 1 saturated heterocycles. The number of imidazole rings is 1. The van der Waals surface area contributed by atoms with Crippen LogP contribution in [0.5, 0.6) is 0 Å². The lowest BCUT2D eigenvalue weighted by Gasteiger charge is -2.24. The van der Waals surface area contributed by atoms with Gasteiger partial charge in [0.05, 0.1) is 6.33 Å². The summed E-state index contributed by atoms with van der Waals surface area (Å²) >= 11 is 1.86. The van der Waals surface area contributed by atoms with Crippen LogP contribution in [0.1, 0.15) is 16.9 Å². The Hall–Kier alpha value is -1.70. The van der Waals surface area contributed by atoms with Crippen LogP contribution in [0, 0.1) is 0 Å². The van der Waals surface area contributed by atoms with Crippen molar-refractivity contribution in [3.8, 4) is 0 Å². The monoisotopic (exact) mass is 298 g/mol. The van der Waals surface area contributed by atoms with E-state index in [1.54, 1.807) is 9.47 Å². The van der Waals surface area contributed by atoms with Gasteiger partial charge in [0.1, 0.15) is 0 Å². The average molecular weight is 298 g/mol. The quantitative estimate of drug-likeness (QED) is 0.836. The zero-order valence-corrected chi connectivity index (χ0v) is 12.1. The summed E-state index contributed by atoms with van der Waals surface area (Å²) in [6, 6.07) is 0.225. The standard InChI is InChI=1S/C12H18N4O3S/c1-15(9-2-5-20-7-9)12(19)13-3-4-16-6-10(11(17)18)14-8-16/h6,8-9H,2-5,7H2,1H3,(H,13,19)(H,17,18). The second-order valence-corrected chi connectivity index (χ2v) is 5.81. The van der Waals surface area contributed by atoms with E-state index in [-0.39, 0.29) is 11.7 Å². The molecule has 2 N–H and O–H groups in total. The van der Waals surface area contributed by atoms with Gasteiger partial charge in [-0.1, -0.05) is 0 Å². The van der Waals surface area contributed by atoms with Crippen molar-refractivity contribution in [2.24, 2.45) is 0 Å². The third kappa shape index (κ3) is 3.66. The molecule has 0 spiro atoms. The number of thioether (sulfide) groups is 1. The summed E-state index contributed by atoms with van der Waals surface area (Å²) in [5.41, 5.74) is 0.0106. The van der Waals surface area contributed by atoms with Crippen molar-refractivity contribution >= 4 is 23.8 Å². The van der Waals surface area contributed by atoms with E-state index in [2.05, 4.69) is 10.3 Å². The van der Waals surface area contributed by atoms with Crippen molar-refractivity contribution < 1.29 is 14.7 Å². The molecule has 7 nitrogen and oxygen atoms in total. The largest absolute Gasteiger partial charge is 0.476 e. The maximum atomic E-state index is 11.9. The van der Waals surface area contributed by atoms with Crippen LogP contribution in [0.4, 0.5) is 4.79 Å². The number of hydrogen-bond acceptors (Lipinski definition) is 4. The molecule has 2 heterocycles.